The summed E-state index contributed by atoms with van der Waals surface area (Å²) in [5.41, 5.74) is 2.78. The molecule has 0 aliphatic carbocycles. The molecule has 0 heterocycles. The highest BCUT2D eigenvalue weighted by atomic mass is 19.1. The molecule has 0 fully saturated rings. The molecule has 2 aromatic rings. The van der Waals surface area contributed by atoms with Gasteiger partial charge in [-0.2, -0.15) is 0 Å². The highest BCUT2D eigenvalue weighted by Crippen LogP contribution is 2.30. The first-order valence-electron chi connectivity index (χ1n) is 6.26. The van der Waals surface area contributed by atoms with Crippen LogP contribution < -0.4 is 4.90 Å². The van der Waals surface area contributed by atoms with Crippen molar-refractivity contribution in [2.45, 2.75) is 13.8 Å². The average molecular weight is 257 g/mol. The number of hydrogen-bond donors (Lipinski definition) is 0. The minimum absolute atomic E-state index is 0.104. The number of anilines is 2. The van der Waals surface area contributed by atoms with E-state index >= 15 is 0 Å². The quantitative estimate of drug-likeness (QED) is 0.768. The smallest absolute Gasteiger partial charge is 0.155 e. The van der Waals surface area contributed by atoms with E-state index in [2.05, 4.69) is 0 Å². The van der Waals surface area contributed by atoms with Gasteiger partial charge in [0.1, 0.15) is 5.82 Å². The second-order valence-electron chi connectivity index (χ2n) is 4.32. The summed E-state index contributed by atoms with van der Waals surface area (Å²) in [4.78, 5) is 13.1. The second-order valence-corrected chi connectivity index (χ2v) is 4.32. The van der Waals surface area contributed by atoms with Crippen LogP contribution >= 0.6 is 0 Å². The van der Waals surface area contributed by atoms with Crippen molar-refractivity contribution < 1.29 is 9.18 Å². The van der Waals surface area contributed by atoms with Gasteiger partial charge in [0.15, 0.2) is 6.29 Å². The van der Waals surface area contributed by atoms with Crippen molar-refractivity contribution in [3.05, 3.63) is 59.4 Å². The molecule has 0 atom stereocenters. The molecule has 2 nitrogen and oxygen atoms in total. The number of aldehydes is 1. The lowest BCUT2D eigenvalue weighted by Gasteiger charge is -2.26. The van der Waals surface area contributed by atoms with Gasteiger partial charge in [-0.15, -0.1) is 0 Å². The molecule has 0 aliphatic heterocycles. The zero-order valence-electron chi connectivity index (χ0n) is 11.1. The number of para-hydroxylation sites is 1. The van der Waals surface area contributed by atoms with Crippen LogP contribution in [0.2, 0.25) is 0 Å². The number of nitrogens with zero attached hydrogens (tertiary/aromatic N) is 1. The maximum absolute atomic E-state index is 13.7. The van der Waals surface area contributed by atoms with Crippen molar-refractivity contribution in [1.29, 1.82) is 0 Å². The van der Waals surface area contributed by atoms with Crippen molar-refractivity contribution in [3.63, 3.8) is 0 Å². The van der Waals surface area contributed by atoms with Gasteiger partial charge >= 0.3 is 0 Å². The third-order valence-electron chi connectivity index (χ3n) is 3.16. The van der Waals surface area contributed by atoms with Crippen LogP contribution in [-0.2, 0) is 0 Å². The maximum Gasteiger partial charge on any atom is 0.155 e. The van der Waals surface area contributed by atoms with Crippen LogP contribution in [0.15, 0.2) is 42.5 Å². The van der Waals surface area contributed by atoms with Crippen molar-refractivity contribution in [1.82, 2.24) is 0 Å². The highest BCUT2D eigenvalue weighted by molar-refractivity contribution is 5.87. The van der Waals surface area contributed by atoms with Crippen LogP contribution in [0, 0.1) is 12.7 Å². The average Bonchev–Trinajstić information content (AvgIpc) is 2.42. The van der Waals surface area contributed by atoms with Crippen molar-refractivity contribution in [2.24, 2.45) is 0 Å². The Labute approximate surface area is 112 Å². The van der Waals surface area contributed by atoms with Crippen LogP contribution in [-0.4, -0.2) is 12.8 Å². The largest absolute Gasteiger partial charge is 0.341 e. The first-order chi connectivity index (χ1) is 9.19. The molecule has 0 amide bonds. The van der Waals surface area contributed by atoms with Gasteiger partial charge in [0.25, 0.3) is 0 Å². The molecule has 0 unspecified atom stereocenters. The van der Waals surface area contributed by atoms with Gasteiger partial charge in [-0.3, -0.25) is 4.79 Å². The molecule has 0 N–H and O–H groups in total. The Morgan fingerprint density at radius 2 is 1.79 bits per heavy atom. The van der Waals surface area contributed by atoms with Crippen LogP contribution in [0.3, 0.4) is 0 Å². The fraction of sp³-hybridized carbons (Fsp3) is 0.188. The molecule has 2 rings (SSSR count). The monoisotopic (exact) mass is 257 g/mol. The molecule has 0 aromatic heterocycles. The Kier molecular flexibility index (Phi) is 3.95. The molecule has 0 spiro atoms. The molecular weight excluding hydrogens is 241 g/mol. The van der Waals surface area contributed by atoms with Gasteiger partial charge < -0.3 is 4.90 Å². The summed E-state index contributed by atoms with van der Waals surface area (Å²) >= 11 is 0. The van der Waals surface area contributed by atoms with E-state index in [1.165, 1.54) is 6.07 Å². The predicted octanol–water partition coefficient (Wildman–Crippen LogP) is 4.10. The zero-order valence-corrected chi connectivity index (χ0v) is 11.1. The lowest BCUT2D eigenvalue weighted by atomic mass is 10.1. The third-order valence-corrected chi connectivity index (χ3v) is 3.16. The minimum Gasteiger partial charge on any atom is -0.341 e. The topological polar surface area (TPSA) is 20.3 Å². The number of rotatable bonds is 4. The lowest BCUT2D eigenvalue weighted by Crippen LogP contribution is -2.19. The Bertz CT molecular complexity index is 595. The van der Waals surface area contributed by atoms with E-state index in [0.717, 1.165) is 11.3 Å². The van der Waals surface area contributed by atoms with Gasteiger partial charge in [0, 0.05) is 12.2 Å². The number of carbonyl (C=O) groups excluding carboxylic acids is 1. The zero-order chi connectivity index (χ0) is 13.8. The Balaban J connectivity index is 2.58. The second kappa shape index (κ2) is 5.65. The molecule has 3 heteroatoms. The summed E-state index contributed by atoms with van der Waals surface area (Å²) < 4.78 is 13.7. The maximum atomic E-state index is 13.7. The highest BCUT2D eigenvalue weighted by Gasteiger charge is 2.15. The fourth-order valence-electron chi connectivity index (χ4n) is 2.21. The molecule has 0 saturated heterocycles. The van der Waals surface area contributed by atoms with Crippen LogP contribution in [0.5, 0.6) is 0 Å². The Hall–Kier alpha value is -2.16. The Morgan fingerprint density at radius 1 is 1.11 bits per heavy atom. The van der Waals surface area contributed by atoms with Gasteiger partial charge in [-0.25, -0.2) is 4.39 Å². The van der Waals surface area contributed by atoms with Crippen LogP contribution in [0.4, 0.5) is 15.8 Å². The van der Waals surface area contributed by atoms with Gasteiger partial charge in [0.2, 0.25) is 0 Å². The van der Waals surface area contributed by atoms with E-state index in [-0.39, 0.29) is 5.56 Å². The molecule has 0 aliphatic rings. The van der Waals surface area contributed by atoms with Gasteiger partial charge in [-0.1, -0.05) is 24.3 Å². The van der Waals surface area contributed by atoms with Crippen molar-refractivity contribution in [2.75, 3.05) is 11.4 Å². The van der Waals surface area contributed by atoms with E-state index < -0.39 is 5.82 Å². The summed E-state index contributed by atoms with van der Waals surface area (Å²) in [5, 5.41) is 0. The standard InChI is InChI=1S/C16H16FNO/c1-3-18(15-9-5-4-7-12(15)2)16-10-6-8-14(17)13(16)11-19/h4-11H,3H2,1-2H3. The lowest BCUT2D eigenvalue weighted by molar-refractivity contribution is 0.112. The molecule has 0 radical (unpaired) electrons. The normalized spacial score (nSPS) is 10.3. The minimum atomic E-state index is -0.487. The van der Waals surface area contributed by atoms with E-state index in [1.807, 2.05) is 43.0 Å². The third kappa shape index (κ3) is 2.50. The number of benzene rings is 2. The molecule has 0 saturated carbocycles. The van der Waals surface area contributed by atoms with E-state index in [9.17, 15) is 9.18 Å². The summed E-state index contributed by atoms with van der Waals surface area (Å²) in [6.07, 6.45) is 0.575. The molecule has 19 heavy (non-hydrogen) atoms. The van der Waals surface area contributed by atoms with Gasteiger partial charge in [-0.05, 0) is 37.6 Å². The fourth-order valence-corrected chi connectivity index (χ4v) is 2.21. The van der Waals surface area contributed by atoms with E-state index in [1.54, 1.807) is 12.1 Å². The van der Waals surface area contributed by atoms with Crippen molar-refractivity contribution >= 4 is 17.7 Å². The molecule has 0 bridgehead atoms. The summed E-state index contributed by atoms with van der Waals surface area (Å²) in [7, 11) is 0. The number of halogens is 1. The van der Waals surface area contributed by atoms with E-state index in [4.69, 9.17) is 0 Å². The van der Waals surface area contributed by atoms with Crippen molar-refractivity contribution in [3.8, 4) is 0 Å². The van der Waals surface area contributed by atoms with Crippen LogP contribution in [0.25, 0.3) is 0 Å². The number of hydrogen-bond acceptors (Lipinski definition) is 2. The molecule has 98 valence electrons. The Morgan fingerprint density at radius 3 is 2.42 bits per heavy atom. The first kappa shape index (κ1) is 13.3. The van der Waals surface area contributed by atoms with E-state index in [0.29, 0.717) is 18.5 Å². The number of aryl methyl sites for hydroxylation is 1. The summed E-state index contributed by atoms with van der Waals surface area (Å²) in [5.74, 6) is -0.487. The van der Waals surface area contributed by atoms with Gasteiger partial charge in [0.05, 0.1) is 11.3 Å². The number of carbonyl (C=O) groups is 1. The SMILES string of the molecule is CCN(c1ccccc1C)c1cccc(F)c1C=O. The van der Waals surface area contributed by atoms with Crippen LogP contribution in [0.1, 0.15) is 22.8 Å². The summed E-state index contributed by atoms with van der Waals surface area (Å²) in [6.45, 7) is 4.64. The predicted molar refractivity (Wildman–Crippen MR) is 75.6 cm³/mol. The summed E-state index contributed by atoms with van der Waals surface area (Å²) in [6, 6.07) is 12.6. The molecular formula is C16H16FNO. The molecule has 2 aromatic carbocycles. The first-order valence-corrected chi connectivity index (χ1v) is 6.26.